The van der Waals surface area contributed by atoms with Crippen LogP contribution in [0.15, 0.2) is 30.6 Å². The van der Waals surface area contributed by atoms with E-state index in [4.69, 9.17) is 31.0 Å². The molecule has 0 radical (unpaired) electrons. The van der Waals surface area contributed by atoms with E-state index in [-0.39, 0.29) is 39.7 Å². The highest BCUT2D eigenvalue weighted by Gasteiger charge is 2.46. The number of anilines is 1. The van der Waals surface area contributed by atoms with Crippen LogP contribution < -0.4 is 19.7 Å². The molecule has 4 saturated heterocycles. The minimum atomic E-state index is -0.579. The van der Waals surface area contributed by atoms with Crippen LogP contribution in [0.25, 0.3) is 38.6 Å². The monoisotopic (exact) mass is 638 g/mol. The Morgan fingerprint density at radius 2 is 2.04 bits per heavy atom. The van der Waals surface area contributed by atoms with E-state index in [2.05, 4.69) is 26.2 Å². The maximum absolute atomic E-state index is 17.3. The lowest BCUT2D eigenvalue weighted by Crippen LogP contribution is -2.60. The smallest absolute Gasteiger partial charge is 0.319 e. The molecule has 234 valence electrons. The highest BCUT2D eigenvalue weighted by molar-refractivity contribution is 6.37. The Hall–Kier alpha value is -4.11. The van der Waals surface area contributed by atoms with E-state index in [1.54, 1.807) is 6.20 Å². The van der Waals surface area contributed by atoms with Gasteiger partial charge < -0.3 is 29.1 Å². The van der Waals surface area contributed by atoms with Crippen LogP contribution in [0.5, 0.6) is 11.8 Å². The summed E-state index contributed by atoms with van der Waals surface area (Å²) in [5.41, 5.74) is 2.61. The summed E-state index contributed by atoms with van der Waals surface area (Å²) in [5.74, 6) is 0.408. The third kappa shape index (κ3) is 3.58. The van der Waals surface area contributed by atoms with Crippen molar-refractivity contribution < 1.29 is 13.9 Å². The molecule has 8 heterocycles. The van der Waals surface area contributed by atoms with Gasteiger partial charge in [-0.3, -0.25) is 4.90 Å². The quantitative estimate of drug-likeness (QED) is 0.269. The van der Waals surface area contributed by atoms with Crippen LogP contribution in [0, 0.1) is 17.1 Å². The van der Waals surface area contributed by atoms with Gasteiger partial charge in [-0.05, 0) is 63.2 Å². The standard InChI is InChI=1S/C34H32ClFN8O2/c35-27-25(19-4-1-5-22-24(19)20(14-37)31-38-10-13-43(22)31)28(36)29-26-30(27)45-16-23-21-7-6-18(39-21)15-44(23)32(26)41-33(40-29)46-17-34-8-2-11-42(34)12-3-9-34/h1,4-5,10,13,18,21,23,38-39H,2-3,6-9,11-12,15-17H2/t18?,21?,23-/m1/s1. The van der Waals surface area contributed by atoms with Crippen molar-refractivity contribution in [3.05, 3.63) is 47.0 Å². The number of halogens is 2. The largest absolute Gasteiger partial charge is 0.489 e. The fraction of sp³-hybridized carbons (Fsp3) is 0.441. The van der Waals surface area contributed by atoms with Gasteiger partial charge in [0, 0.05) is 42.0 Å². The molecule has 10 rings (SSSR count). The summed E-state index contributed by atoms with van der Waals surface area (Å²) < 4.78 is 32.2. The number of nitrogens with zero attached hydrogens (tertiary/aromatic N) is 6. The molecule has 5 aliphatic rings. The van der Waals surface area contributed by atoms with E-state index in [9.17, 15) is 5.26 Å². The first-order valence-corrected chi connectivity index (χ1v) is 16.7. The second kappa shape index (κ2) is 9.70. The lowest BCUT2D eigenvalue weighted by molar-refractivity contribution is 0.108. The van der Waals surface area contributed by atoms with Crippen LogP contribution in [0.2, 0.25) is 5.02 Å². The normalized spacial score (nSPS) is 24.7. The highest BCUT2D eigenvalue weighted by Crippen LogP contribution is 2.51. The van der Waals surface area contributed by atoms with Crippen molar-refractivity contribution in [2.45, 2.75) is 62.2 Å². The highest BCUT2D eigenvalue weighted by atomic mass is 35.5. The second-order valence-corrected chi connectivity index (χ2v) is 13.9. The Bertz CT molecular complexity index is 2130. The van der Waals surface area contributed by atoms with E-state index >= 15 is 4.39 Å². The summed E-state index contributed by atoms with van der Waals surface area (Å²) in [6.45, 7) is 3.75. The first kappa shape index (κ1) is 27.0. The van der Waals surface area contributed by atoms with Gasteiger partial charge in [0.25, 0.3) is 0 Å². The van der Waals surface area contributed by atoms with E-state index < -0.39 is 5.82 Å². The Labute approximate surface area is 269 Å². The Balaban J connectivity index is 1.20. The number of imidazole rings is 1. The summed E-state index contributed by atoms with van der Waals surface area (Å²) in [6, 6.07) is 8.63. The van der Waals surface area contributed by atoms with Crippen molar-refractivity contribution in [2.75, 3.05) is 37.7 Å². The minimum absolute atomic E-state index is 0.000592. The molecule has 2 aromatic carbocycles. The molecule has 5 aromatic rings. The average molecular weight is 639 g/mol. The molecule has 0 saturated carbocycles. The molecule has 10 nitrogen and oxygen atoms in total. The van der Waals surface area contributed by atoms with Crippen molar-refractivity contribution >= 4 is 44.9 Å². The maximum atomic E-state index is 17.3. The van der Waals surface area contributed by atoms with Crippen molar-refractivity contribution in [3.63, 3.8) is 0 Å². The zero-order valence-electron chi connectivity index (χ0n) is 25.2. The molecular weight excluding hydrogens is 607 g/mol. The molecule has 0 spiro atoms. The SMILES string of the molecule is N#Cc1c2c(-c3c(Cl)c4c5c(nc(OCC67CCCN6CCC7)nc5c3F)N3CC5CCC(N5)[C@H]3CO4)cccc2n2cc[nH]c12. The molecule has 0 aliphatic carbocycles. The van der Waals surface area contributed by atoms with Crippen LogP contribution in [0.3, 0.4) is 0 Å². The van der Waals surface area contributed by atoms with Crippen LogP contribution in [-0.2, 0) is 0 Å². The molecule has 12 heteroatoms. The molecule has 46 heavy (non-hydrogen) atoms. The molecule has 5 aliphatic heterocycles. The Morgan fingerprint density at radius 1 is 1.17 bits per heavy atom. The van der Waals surface area contributed by atoms with Crippen LogP contribution in [-0.4, -0.2) is 80.8 Å². The number of piperazine rings is 1. The van der Waals surface area contributed by atoms with E-state index in [0.717, 1.165) is 63.7 Å². The third-order valence-corrected chi connectivity index (χ3v) is 11.7. The van der Waals surface area contributed by atoms with Crippen molar-refractivity contribution in [1.82, 2.24) is 29.6 Å². The van der Waals surface area contributed by atoms with Crippen molar-refractivity contribution in [2.24, 2.45) is 0 Å². The zero-order chi connectivity index (χ0) is 30.7. The number of fused-ring (bicyclic) bond motifs is 9. The topological polar surface area (TPSA) is 107 Å². The molecule has 4 fully saturated rings. The lowest BCUT2D eigenvalue weighted by atomic mass is 9.95. The number of hydrogen-bond donors (Lipinski definition) is 2. The number of ether oxygens (including phenoxy) is 2. The molecule has 2 bridgehead atoms. The van der Waals surface area contributed by atoms with Gasteiger partial charge in [-0.2, -0.15) is 15.2 Å². The zero-order valence-corrected chi connectivity index (χ0v) is 25.9. The van der Waals surface area contributed by atoms with Gasteiger partial charge in [-0.1, -0.05) is 23.7 Å². The number of nitrogens with one attached hydrogen (secondary N) is 2. The first-order chi connectivity index (χ1) is 22.5. The Kier molecular flexibility index (Phi) is 5.70. The Morgan fingerprint density at radius 3 is 2.89 bits per heavy atom. The summed E-state index contributed by atoms with van der Waals surface area (Å²) >= 11 is 7.21. The van der Waals surface area contributed by atoms with E-state index in [0.29, 0.717) is 58.4 Å². The molecule has 3 atom stereocenters. The van der Waals surface area contributed by atoms with E-state index in [1.165, 1.54) is 0 Å². The first-order valence-electron chi connectivity index (χ1n) is 16.3. The summed E-state index contributed by atoms with van der Waals surface area (Å²) in [5, 5.41) is 15.2. The molecular formula is C34H32ClFN8O2. The lowest BCUT2D eigenvalue weighted by Gasteiger charge is -2.40. The summed E-state index contributed by atoms with van der Waals surface area (Å²) in [6.07, 6.45) is 10.2. The molecule has 2 N–H and O–H groups in total. The second-order valence-electron chi connectivity index (χ2n) is 13.5. The maximum Gasteiger partial charge on any atom is 0.319 e. The van der Waals surface area contributed by atoms with E-state index in [1.807, 2.05) is 28.8 Å². The minimum Gasteiger partial charge on any atom is -0.489 e. The number of aromatic nitrogens is 4. The molecule has 2 unspecified atom stereocenters. The van der Waals surface area contributed by atoms with Crippen LogP contribution in [0.4, 0.5) is 10.2 Å². The van der Waals surface area contributed by atoms with Gasteiger partial charge in [0.15, 0.2) is 11.6 Å². The van der Waals surface area contributed by atoms with Crippen molar-refractivity contribution in [3.8, 4) is 29.0 Å². The average Bonchev–Trinajstić information content (AvgIpc) is 3.87. The van der Waals surface area contributed by atoms with Crippen LogP contribution >= 0.6 is 11.6 Å². The van der Waals surface area contributed by atoms with Gasteiger partial charge in [0.2, 0.25) is 0 Å². The predicted octanol–water partition coefficient (Wildman–Crippen LogP) is 5.40. The fourth-order valence-corrected chi connectivity index (χ4v) is 9.55. The number of hydrogen-bond acceptors (Lipinski definition) is 8. The number of nitriles is 1. The number of aromatic amines is 1. The third-order valence-electron chi connectivity index (χ3n) is 11.3. The summed E-state index contributed by atoms with van der Waals surface area (Å²) in [4.78, 5) is 17.8. The summed E-state index contributed by atoms with van der Waals surface area (Å²) in [7, 11) is 0. The number of benzene rings is 2. The van der Waals surface area contributed by atoms with Gasteiger partial charge in [0.1, 0.15) is 41.8 Å². The predicted molar refractivity (Wildman–Crippen MR) is 172 cm³/mol. The number of rotatable bonds is 4. The van der Waals surface area contributed by atoms with Crippen LogP contribution in [0.1, 0.15) is 44.1 Å². The fourth-order valence-electron chi connectivity index (χ4n) is 9.21. The van der Waals surface area contributed by atoms with Gasteiger partial charge in [-0.25, -0.2) is 4.39 Å². The van der Waals surface area contributed by atoms with Gasteiger partial charge in [-0.15, -0.1) is 0 Å². The van der Waals surface area contributed by atoms with Gasteiger partial charge in [0.05, 0.1) is 27.5 Å². The molecule has 3 aromatic heterocycles. The van der Waals surface area contributed by atoms with Gasteiger partial charge >= 0.3 is 6.01 Å². The molecule has 0 amide bonds. The van der Waals surface area contributed by atoms with Crippen molar-refractivity contribution in [1.29, 1.82) is 5.26 Å². The number of H-pyrrole nitrogens is 1.